The van der Waals surface area contributed by atoms with Gasteiger partial charge in [-0.05, 0) is 33.7 Å². The average molecular weight is 230 g/mol. The molecule has 0 amide bonds. The number of likely N-dealkylation sites (N-methyl/N-ethyl adjacent to an activating group) is 1. The first-order valence-electron chi connectivity index (χ1n) is 6.04. The molecule has 0 radical (unpaired) electrons. The molecule has 0 aliphatic carbocycles. The van der Waals surface area contributed by atoms with Crippen LogP contribution >= 0.6 is 0 Å². The maximum atomic E-state index is 5.95. The Morgan fingerprint density at radius 3 is 2.75 bits per heavy atom. The van der Waals surface area contributed by atoms with Crippen molar-refractivity contribution in [3.05, 3.63) is 0 Å². The van der Waals surface area contributed by atoms with Crippen LogP contribution in [0.3, 0.4) is 0 Å². The van der Waals surface area contributed by atoms with E-state index in [4.69, 9.17) is 15.2 Å². The van der Waals surface area contributed by atoms with Gasteiger partial charge in [0, 0.05) is 26.2 Å². The molecule has 0 saturated carbocycles. The molecule has 4 nitrogen and oxygen atoms in total. The van der Waals surface area contributed by atoms with Gasteiger partial charge in [0.2, 0.25) is 0 Å². The Labute approximate surface area is 99.1 Å². The second-order valence-corrected chi connectivity index (χ2v) is 5.47. The first kappa shape index (κ1) is 13.9. The molecule has 0 aromatic carbocycles. The Morgan fingerprint density at radius 1 is 1.56 bits per heavy atom. The fraction of sp³-hybridized carbons (Fsp3) is 1.00. The maximum Gasteiger partial charge on any atom is 0.0710 e. The van der Waals surface area contributed by atoms with E-state index in [1.54, 1.807) is 7.11 Å². The first-order valence-corrected chi connectivity index (χ1v) is 6.04. The van der Waals surface area contributed by atoms with Crippen molar-refractivity contribution in [1.82, 2.24) is 4.90 Å². The highest BCUT2D eigenvalue weighted by Crippen LogP contribution is 2.29. The van der Waals surface area contributed by atoms with Crippen LogP contribution in [-0.2, 0) is 9.47 Å². The highest BCUT2D eigenvalue weighted by atomic mass is 16.5. The minimum atomic E-state index is 0.0557. The minimum absolute atomic E-state index is 0.0557. The van der Waals surface area contributed by atoms with Gasteiger partial charge < -0.3 is 20.1 Å². The lowest BCUT2D eigenvalue weighted by atomic mass is 10.1. The van der Waals surface area contributed by atoms with Gasteiger partial charge in [0.1, 0.15) is 0 Å². The molecule has 0 bridgehead atoms. The monoisotopic (exact) mass is 230 g/mol. The Kier molecular flexibility index (Phi) is 5.18. The molecule has 0 aromatic rings. The van der Waals surface area contributed by atoms with Crippen LogP contribution in [0.4, 0.5) is 0 Å². The number of hydrogen-bond donors (Lipinski definition) is 1. The summed E-state index contributed by atoms with van der Waals surface area (Å²) >= 11 is 0. The van der Waals surface area contributed by atoms with Gasteiger partial charge in [-0.1, -0.05) is 0 Å². The summed E-state index contributed by atoms with van der Waals surface area (Å²) in [5.41, 5.74) is 5.96. The van der Waals surface area contributed by atoms with Crippen LogP contribution in [0.5, 0.6) is 0 Å². The van der Waals surface area contributed by atoms with Crippen LogP contribution in [0.2, 0.25) is 0 Å². The molecule has 2 N–H and O–H groups in total. The van der Waals surface area contributed by atoms with E-state index in [2.05, 4.69) is 25.8 Å². The number of methoxy groups -OCH3 is 1. The Bertz CT molecular complexity index is 209. The van der Waals surface area contributed by atoms with Crippen molar-refractivity contribution in [2.45, 2.75) is 44.4 Å². The fourth-order valence-electron chi connectivity index (χ4n) is 2.30. The van der Waals surface area contributed by atoms with Gasteiger partial charge in [0.05, 0.1) is 18.3 Å². The van der Waals surface area contributed by atoms with Crippen molar-refractivity contribution < 1.29 is 9.47 Å². The van der Waals surface area contributed by atoms with E-state index >= 15 is 0 Å². The van der Waals surface area contributed by atoms with E-state index in [1.807, 2.05) is 0 Å². The topological polar surface area (TPSA) is 47.7 Å². The predicted octanol–water partition coefficient (Wildman–Crippen LogP) is 0.850. The largest absolute Gasteiger partial charge is 0.383 e. The molecule has 1 fully saturated rings. The SMILES string of the molecule is COCC(N)CN(C)CC1CCC(C)(C)O1. The summed E-state index contributed by atoms with van der Waals surface area (Å²) < 4.78 is 11.0. The molecule has 1 saturated heterocycles. The molecule has 2 unspecified atom stereocenters. The molecule has 1 aliphatic rings. The van der Waals surface area contributed by atoms with Crippen molar-refractivity contribution in [3.63, 3.8) is 0 Å². The lowest BCUT2D eigenvalue weighted by Crippen LogP contribution is -2.41. The Morgan fingerprint density at radius 2 is 2.25 bits per heavy atom. The zero-order chi connectivity index (χ0) is 12.2. The lowest BCUT2D eigenvalue weighted by molar-refractivity contribution is -0.0269. The van der Waals surface area contributed by atoms with Gasteiger partial charge in [0.25, 0.3) is 0 Å². The summed E-state index contributed by atoms with van der Waals surface area (Å²) in [6.45, 7) is 6.74. The second kappa shape index (κ2) is 5.96. The summed E-state index contributed by atoms with van der Waals surface area (Å²) in [5.74, 6) is 0. The summed E-state index contributed by atoms with van der Waals surface area (Å²) in [7, 11) is 3.77. The third-order valence-corrected chi connectivity index (χ3v) is 3.00. The van der Waals surface area contributed by atoms with E-state index in [1.165, 1.54) is 0 Å². The van der Waals surface area contributed by atoms with Gasteiger partial charge in [-0.2, -0.15) is 0 Å². The molecule has 1 heterocycles. The number of rotatable bonds is 6. The smallest absolute Gasteiger partial charge is 0.0710 e. The molecular weight excluding hydrogens is 204 g/mol. The molecule has 4 heteroatoms. The van der Waals surface area contributed by atoms with Crippen LogP contribution in [0.1, 0.15) is 26.7 Å². The van der Waals surface area contributed by atoms with Crippen LogP contribution < -0.4 is 5.73 Å². The van der Waals surface area contributed by atoms with Crippen molar-refractivity contribution in [1.29, 1.82) is 0 Å². The average Bonchev–Trinajstić information content (AvgIpc) is 2.45. The van der Waals surface area contributed by atoms with Crippen LogP contribution in [0.25, 0.3) is 0 Å². The predicted molar refractivity (Wildman–Crippen MR) is 65.5 cm³/mol. The summed E-state index contributed by atoms with van der Waals surface area (Å²) in [4.78, 5) is 2.23. The van der Waals surface area contributed by atoms with Crippen molar-refractivity contribution in [2.75, 3.05) is 33.9 Å². The van der Waals surface area contributed by atoms with Crippen molar-refractivity contribution in [2.24, 2.45) is 5.73 Å². The Hall–Kier alpha value is -0.160. The molecule has 96 valence electrons. The standard InChI is InChI=1S/C12H26N2O2/c1-12(2)6-5-11(16-12)8-14(3)7-10(13)9-15-4/h10-11H,5-9,13H2,1-4H3. The first-order chi connectivity index (χ1) is 7.43. The fourth-order valence-corrected chi connectivity index (χ4v) is 2.30. The lowest BCUT2D eigenvalue weighted by Gasteiger charge is -2.25. The highest BCUT2D eigenvalue weighted by molar-refractivity contribution is 4.82. The van der Waals surface area contributed by atoms with E-state index < -0.39 is 0 Å². The molecule has 2 atom stereocenters. The van der Waals surface area contributed by atoms with Gasteiger partial charge in [-0.3, -0.25) is 0 Å². The molecule has 0 spiro atoms. The third kappa shape index (κ3) is 4.78. The summed E-state index contributed by atoms with van der Waals surface area (Å²) in [5, 5.41) is 0. The summed E-state index contributed by atoms with van der Waals surface area (Å²) in [6.07, 6.45) is 2.65. The number of nitrogens with two attached hydrogens (primary N) is 1. The van der Waals surface area contributed by atoms with Crippen LogP contribution in [0.15, 0.2) is 0 Å². The van der Waals surface area contributed by atoms with Crippen LogP contribution in [0, 0.1) is 0 Å². The quantitative estimate of drug-likeness (QED) is 0.735. The normalized spacial score (nSPS) is 26.2. The van der Waals surface area contributed by atoms with E-state index in [0.29, 0.717) is 12.7 Å². The van der Waals surface area contributed by atoms with E-state index in [9.17, 15) is 0 Å². The number of ether oxygens (including phenoxy) is 2. The van der Waals surface area contributed by atoms with Crippen molar-refractivity contribution in [3.8, 4) is 0 Å². The molecule has 0 aromatic heterocycles. The molecule has 1 aliphatic heterocycles. The molecule has 1 rings (SSSR count). The van der Waals surface area contributed by atoms with Gasteiger partial charge in [-0.15, -0.1) is 0 Å². The van der Waals surface area contributed by atoms with E-state index in [-0.39, 0.29) is 11.6 Å². The van der Waals surface area contributed by atoms with Gasteiger partial charge >= 0.3 is 0 Å². The number of hydrogen-bond acceptors (Lipinski definition) is 4. The highest BCUT2D eigenvalue weighted by Gasteiger charge is 2.32. The van der Waals surface area contributed by atoms with Gasteiger partial charge in [0.15, 0.2) is 0 Å². The molecular formula is C12H26N2O2. The zero-order valence-electron chi connectivity index (χ0n) is 11.0. The summed E-state index contributed by atoms with van der Waals surface area (Å²) in [6, 6.07) is 0.0874. The van der Waals surface area contributed by atoms with E-state index in [0.717, 1.165) is 25.9 Å². The van der Waals surface area contributed by atoms with Gasteiger partial charge in [-0.25, -0.2) is 0 Å². The zero-order valence-corrected chi connectivity index (χ0v) is 11.0. The molecule has 16 heavy (non-hydrogen) atoms. The van der Waals surface area contributed by atoms with Crippen LogP contribution in [-0.4, -0.2) is 56.5 Å². The minimum Gasteiger partial charge on any atom is -0.383 e. The second-order valence-electron chi connectivity index (χ2n) is 5.47. The Balaban J connectivity index is 2.22. The number of nitrogens with zero attached hydrogens (tertiary/aromatic N) is 1. The third-order valence-electron chi connectivity index (χ3n) is 3.00. The van der Waals surface area contributed by atoms with Crippen molar-refractivity contribution >= 4 is 0 Å². The maximum absolute atomic E-state index is 5.95.